The minimum absolute atomic E-state index is 0.0197. The van der Waals surface area contributed by atoms with Crippen LogP contribution in [0.2, 0.25) is 0 Å². The van der Waals surface area contributed by atoms with E-state index in [1.807, 2.05) is 17.8 Å². The van der Waals surface area contributed by atoms with Crippen molar-refractivity contribution in [2.45, 2.75) is 26.7 Å². The Bertz CT molecular complexity index is 537. The van der Waals surface area contributed by atoms with E-state index < -0.39 is 0 Å². The second kappa shape index (κ2) is 6.24. The number of aromatic nitrogens is 2. The van der Waals surface area contributed by atoms with Gasteiger partial charge in [0.05, 0.1) is 19.9 Å². The number of aliphatic hydroxyl groups is 1. The Morgan fingerprint density at radius 2 is 2.11 bits per heavy atom. The van der Waals surface area contributed by atoms with Gasteiger partial charge in [-0.2, -0.15) is 5.10 Å². The summed E-state index contributed by atoms with van der Waals surface area (Å²) in [5, 5.41) is 13.3. The third-order valence-corrected chi connectivity index (χ3v) is 2.82. The molecule has 1 aromatic carbocycles. The van der Waals surface area contributed by atoms with Crippen molar-refractivity contribution in [3.8, 4) is 11.5 Å². The molecule has 0 radical (unpaired) electrons. The fraction of sp³-hybridized carbons (Fsp3) is 0.357. The van der Waals surface area contributed by atoms with Crippen molar-refractivity contribution in [2.24, 2.45) is 0 Å². The third-order valence-electron chi connectivity index (χ3n) is 2.82. The van der Waals surface area contributed by atoms with Crippen LogP contribution in [0.4, 0.5) is 0 Å². The zero-order valence-corrected chi connectivity index (χ0v) is 11.2. The number of nitrogens with zero attached hydrogens (tertiary/aromatic N) is 2. The molecule has 1 N–H and O–H groups in total. The topological polar surface area (TPSA) is 56.5 Å². The van der Waals surface area contributed by atoms with Crippen LogP contribution in [0.3, 0.4) is 0 Å². The molecule has 5 heteroatoms. The van der Waals surface area contributed by atoms with Crippen LogP contribution in [0.1, 0.15) is 18.1 Å². The monoisotopic (exact) mass is 262 g/mol. The summed E-state index contributed by atoms with van der Waals surface area (Å²) in [6, 6.07) is 5.38. The number of rotatable bonds is 6. The maximum atomic E-state index is 9.14. The van der Waals surface area contributed by atoms with E-state index in [4.69, 9.17) is 14.6 Å². The highest BCUT2D eigenvalue weighted by molar-refractivity contribution is 5.42. The Kier molecular flexibility index (Phi) is 4.41. The summed E-state index contributed by atoms with van der Waals surface area (Å²) >= 11 is 0. The molecule has 0 fully saturated rings. The molecule has 1 aromatic heterocycles. The minimum atomic E-state index is -0.0197. The normalized spacial score (nSPS) is 10.5. The second-order valence-electron chi connectivity index (χ2n) is 4.14. The van der Waals surface area contributed by atoms with Gasteiger partial charge in [-0.15, -0.1) is 0 Å². The van der Waals surface area contributed by atoms with E-state index >= 15 is 0 Å². The quantitative estimate of drug-likeness (QED) is 0.865. The second-order valence-corrected chi connectivity index (χ2v) is 4.14. The van der Waals surface area contributed by atoms with Crippen molar-refractivity contribution in [3.63, 3.8) is 0 Å². The average Bonchev–Trinajstić information content (AvgIpc) is 2.92. The number of ether oxygens (including phenoxy) is 2. The highest BCUT2D eigenvalue weighted by Gasteiger charge is 2.06. The van der Waals surface area contributed by atoms with Gasteiger partial charge >= 0.3 is 0 Å². The fourth-order valence-electron chi connectivity index (χ4n) is 1.75. The predicted octanol–water partition coefficient (Wildman–Crippen LogP) is 1.98. The Morgan fingerprint density at radius 1 is 1.26 bits per heavy atom. The van der Waals surface area contributed by atoms with Crippen molar-refractivity contribution in [2.75, 3.05) is 7.11 Å². The summed E-state index contributed by atoms with van der Waals surface area (Å²) in [5.41, 5.74) is 1.79. The van der Waals surface area contributed by atoms with Crippen molar-refractivity contribution in [1.82, 2.24) is 9.78 Å². The maximum Gasteiger partial charge on any atom is 0.162 e. The van der Waals surface area contributed by atoms with Gasteiger partial charge in [-0.25, -0.2) is 0 Å². The van der Waals surface area contributed by atoms with E-state index in [0.717, 1.165) is 17.7 Å². The van der Waals surface area contributed by atoms with Crippen LogP contribution in [-0.4, -0.2) is 22.0 Å². The molecule has 0 atom stereocenters. The van der Waals surface area contributed by atoms with Crippen LogP contribution in [0, 0.1) is 0 Å². The van der Waals surface area contributed by atoms with E-state index in [1.54, 1.807) is 31.5 Å². The average molecular weight is 262 g/mol. The molecule has 0 aliphatic rings. The van der Waals surface area contributed by atoms with Crippen molar-refractivity contribution >= 4 is 0 Å². The summed E-state index contributed by atoms with van der Waals surface area (Å²) < 4.78 is 12.8. The summed E-state index contributed by atoms with van der Waals surface area (Å²) in [5.74, 6) is 1.28. The van der Waals surface area contributed by atoms with Crippen LogP contribution < -0.4 is 9.47 Å². The van der Waals surface area contributed by atoms with Gasteiger partial charge in [-0.1, -0.05) is 6.07 Å². The molecule has 0 unspecified atom stereocenters. The SMILES string of the molecule is CCn1cc(COc2cc(CO)ccc2OC)cn1. The zero-order valence-electron chi connectivity index (χ0n) is 11.2. The van der Waals surface area contributed by atoms with Crippen LogP contribution in [0.15, 0.2) is 30.6 Å². The van der Waals surface area contributed by atoms with Crippen LogP contribution in [-0.2, 0) is 19.8 Å². The molecule has 0 bridgehead atoms. The highest BCUT2D eigenvalue weighted by atomic mass is 16.5. The number of hydrogen-bond acceptors (Lipinski definition) is 4. The molecule has 102 valence electrons. The van der Waals surface area contributed by atoms with Gasteiger partial charge in [0.2, 0.25) is 0 Å². The molecule has 5 nitrogen and oxygen atoms in total. The predicted molar refractivity (Wildman–Crippen MR) is 71.1 cm³/mol. The van der Waals surface area contributed by atoms with Crippen LogP contribution in [0.25, 0.3) is 0 Å². The van der Waals surface area contributed by atoms with Gasteiger partial charge in [-0.3, -0.25) is 4.68 Å². The summed E-state index contributed by atoms with van der Waals surface area (Å²) in [6.07, 6.45) is 3.73. The number of aliphatic hydroxyl groups excluding tert-OH is 1. The lowest BCUT2D eigenvalue weighted by Crippen LogP contribution is -1.98. The van der Waals surface area contributed by atoms with Crippen molar-refractivity contribution in [3.05, 3.63) is 41.7 Å². The molecule has 0 aliphatic carbocycles. The molecule has 1 heterocycles. The first-order chi connectivity index (χ1) is 9.26. The molecule has 0 saturated heterocycles. The van der Waals surface area contributed by atoms with Gasteiger partial charge in [-0.05, 0) is 24.6 Å². The first kappa shape index (κ1) is 13.4. The standard InChI is InChI=1S/C14H18N2O3/c1-3-16-8-12(7-15-16)10-19-14-6-11(9-17)4-5-13(14)18-2/h4-8,17H,3,9-10H2,1-2H3. The Balaban J connectivity index is 2.09. The van der Waals surface area contributed by atoms with Gasteiger partial charge in [0.25, 0.3) is 0 Å². The van der Waals surface area contributed by atoms with E-state index in [0.29, 0.717) is 18.1 Å². The van der Waals surface area contributed by atoms with Gasteiger partial charge in [0, 0.05) is 18.3 Å². The third kappa shape index (κ3) is 3.26. The van der Waals surface area contributed by atoms with Gasteiger partial charge in [0.1, 0.15) is 6.61 Å². The molecular formula is C14H18N2O3. The van der Waals surface area contributed by atoms with Gasteiger partial charge < -0.3 is 14.6 Å². The molecule has 0 spiro atoms. The van der Waals surface area contributed by atoms with E-state index in [2.05, 4.69) is 5.10 Å². The number of benzene rings is 1. The lowest BCUT2D eigenvalue weighted by Gasteiger charge is -2.11. The molecule has 2 rings (SSSR count). The molecule has 0 amide bonds. The van der Waals surface area contributed by atoms with E-state index in [9.17, 15) is 0 Å². The van der Waals surface area contributed by atoms with Crippen LogP contribution >= 0.6 is 0 Å². The van der Waals surface area contributed by atoms with Gasteiger partial charge in [0.15, 0.2) is 11.5 Å². The number of aryl methyl sites for hydroxylation is 1. The number of hydrogen-bond donors (Lipinski definition) is 1. The molecule has 0 saturated carbocycles. The molecular weight excluding hydrogens is 244 g/mol. The minimum Gasteiger partial charge on any atom is -0.493 e. The van der Waals surface area contributed by atoms with E-state index in [-0.39, 0.29) is 6.61 Å². The number of methoxy groups -OCH3 is 1. The smallest absolute Gasteiger partial charge is 0.162 e. The van der Waals surface area contributed by atoms with Crippen molar-refractivity contribution < 1.29 is 14.6 Å². The summed E-state index contributed by atoms with van der Waals surface area (Å²) in [6.45, 7) is 3.27. The summed E-state index contributed by atoms with van der Waals surface area (Å²) in [4.78, 5) is 0. The summed E-state index contributed by atoms with van der Waals surface area (Å²) in [7, 11) is 1.59. The lowest BCUT2D eigenvalue weighted by atomic mass is 10.2. The first-order valence-electron chi connectivity index (χ1n) is 6.18. The Hall–Kier alpha value is -2.01. The first-order valence-corrected chi connectivity index (χ1v) is 6.18. The maximum absolute atomic E-state index is 9.14. The largest absolute Gasteiger partial charge is 0.493 e. The lowest BCUT2D eigenvalue weighted by molar-refractivity contribution is 0.271. The molecule has 2 aromatic rings. The zero-order chi connectivity index (χ0) is 13.7. The molecule has 0 aliphatic heterocycles. The highest BCUT2D eigenvalue weighted by Crippen LogP contribution is 2.28. The fourth-order valence-corrected chi connectivity index (χ4v) is 1.75. The Morgan fingerprint density at radius 3 is 2.74 bits per heavy atom. The van der Waals surface area contributed by atoms with E-state index in [1.165, 1.54) is 0 Å². The Labute approximate surface area is 112 Å². The molecule has 19 heavy (non-hydrogen) atoms. The van der Waals surface area contributed by atoms with Crippen LogP contribution in [0.5, 0.6) is 11.5 Å². The van der Waals surface area contributed by atoms with Crippen molar-refractivity contribution in [1.29, 1.82) is 0 Å².